The molecule has 24 heavy (non-hydrogen) atoms. The Balaban J connectivity index is 2.01. The van der Waals surface area contributed by atoms with Crippen molar-refractivity contribution in [3.8, 4) is 0 Å². The number of benzene rings is 2. The molecule has 0 saturated carbocycles. The summed E-state index contributed by atoms with van der Waals surface area (Å²) in [4.78, 5) is 12.0. The third-order valence-electron chi connectivity index (χ3n) is 3.80. The first-order valence-corrected chi connectivity index (χ1v) is 8.17. The summed E-state index contributed by atoms with van der Waals surface area (Å²) < 4.78 is 13.7. The minimum atomic E-state index is -0.570. The van der Waals surface area contributed by atoms with Crippen LogP contribution in [0.3, 0.4) is 0 Å². The number of halogens is 2. The molecule has 2 amide bonds. The van der Waals surface area contributed by atoms with Gasteiger partial charge in [0.2, 0.25) is 0 Å². The monoisotopic (exact) mass is 348 g/mol. The lowest BCUT2D eigenvalue weighted by atomic mass is 9.86. The van der Waals surface area contributed by atoms with E-state index in [1.54, 1.807) is 0 Å². The van der Waals surface area contributed by atoms with Gasteiger partial charge in [0.15, 0.2) is 0 Å². The van der Waals surface area contributed by atoms with Crippen LogP contribution in [0, 0.1) is 5.82 Å². The van der Waals surface area contributed by atoms with Gasteiger partial charge in [-0.2, -0.15) is 0 Å². The first-order chi connectivity index (χ1) is 11.2. The zero-order valence-corrected chi connectivity index (χ0v) is 15.0. The molecule has 1 unspecified atom stereocenters. The number of urea groups is 1. The Labute approximate surface area is 147 Å². The third-order valence-corrected chi connectivity index (χ3v) is 4.04. The molecule has 0 aromatic heterocycles. The summed E-state index contributed by atoms with van der Waals surface area (Å²) in [6, 6.07) is 11.6. The lowest BCUT2D eigenvalue weighted by Crippen LogP contribution is -2.31. The molecule has 0 bridgehead atoms. The fourth-order valence-electron chi connectivity index (χ4n) is 2.30. The van der Waals surface area contributed by atoms with E-state index in [-0.39, 0.29) is 22.2 Å². The Bertz CT molecular complexity index is 723. The molecule has 3 nitrogen and oxygen atoms in total. The van der Waals surface area contributed by atoms with Crippen molar-refractivity contribution in [2.45, 2.75) is 39.2 Å². The minimum Gasteiger partial charge on any atom is -0.331 e. The summed E-state index contributed by atoms with van der Waals surface area (Å²) in [6.07, 6.45) is 0. The Morgan fingerprint density at radius 1 is 1.12 bits per heavy atom. The van der Waals surface area contributed by atoms with E-state index in [4.69, 9.17) is 11.6 Å². The van der Waals surface area contributed by atoms with Crippen molar-refractivity contribution in [2.75, 3.05) is 5.32 Å². The van der Waals surface area contributed by atoms with E-state index in [0.29, 0.717) is 0 Å². The molecule has 2 N–H and O–H groups in total. The number of hydrogen-bond donors (Lipinski definition) is 2. The van der Waals surface area contributed by atoms with Crippen molar-refractivity contribution in [2.24, 2.45) is 0 Å². The topological polar surface area (TPSA) is 41.1 Å². The van der Waals surface area contributed by atoms with E-state index < -0.39 is 11.8 Å². The van der Waals surface area contributed by atoms with Crippen LogP contribution in [0.4, 0.5) is 14.9 Å². The third kappa shape index (κ3) is 4.71. The zero-order valence-electron chi connectivity index (χ0n) is 14.3. The van der Waals surface area contributed by atoms with E-state index in [2.05, 4.69) is 43.5 Å². The summed E-state index contributed by atoms with van der Waals surface area (Å²) in [5.74, 6) is -0.570. The second-order valence-electron chi connectivity index (χ2n) is 6.82. The van der Waals surface area contributed by atoms with Gasteiger partial charge in [-0.1, -0.05) is 56.6 Å². The number of anilines is 1. The number of rotatable bonds is 3. The number of hydrogen-bond acceptors (Lipinski definition) is 1. The predicted molar refractivity (Wildman–Crippen MR) is 97.1 cm³/mol. The Morgan fingerprint density at radius 3 is 2.29 bits per heavy atom. The Hall–Kier alpha value is -2.07. The maximum absolute atomic E-state index is 13.7. The van der Waals surface area contributed by atoms with Crippen LogP contribution >= 0.6 is 11.6 Å². The molecule has 0 heterocycles. The molecule has 0 aliphatic heterocycles. The highest BCUT2D eigenvalue weighted by molar-refractivity contribution is 6.30. The molecule has 0 saturated heterocycles. The van der Waals surface area contributed by atoms with Crippen LogP contribution < -0.4 is 10.6 Å². The predicted octanol–water partition coefficient (Wildman–Crippen LogP) is 5.66. The van der Waals surface area contributed by atoms with E-state index in [9.17, 15) is 9.18 Å². The van der Waals surface area contributed by atoms with Gasteiger partial charge in [-0.15, -0.1) is 0 Å². The van der Waals surface area contributed by atoms with Crippen LogP contribution in [0.25, 0.3) is 0 Å². The van der Waals surface area contributed by atoms with Crippen LogP contribution in [0.2, 0.25) is 5.02 Å². The number of carbonyl (C=O) groups excluding carboxylic acids is 1. The van der Waals surface area contributed by atoms with Crippen molar-refractivity contribution in [3.05, 3.63) is 64.4 Å². The van der Waals surface area contributed by atoms with Crippen molar-refractivity contribution in [3.63, 3.8) is 0 Å². The highest BCUT2D eigenvalue weighted by Crippen LogP contribution is 2.24. The van der Waals surface area contributed by atoms with E-state index >= 15 is 0 Å². The largest absolute Gasteiger partial charge is 0.331 e. The molecule has 0 radical (unpaired) electrons. The molecule has 5 heteroatoms. The van der Waals surface area contributed by atoms with Gasteiger partial charge in [-0.05, 0) is 41.7 Å². The fraction of sp³-hybridized carbons (Fsp3) is 0.316. The van der Waals surface area contributed by atoms with Crippen LogP contribution in [0.5, 0.6) is 0 Å². The average molecular weight is 349 g/mol. The minimum absolute atomic E-state index is 0.0820. The molecule has 2 aromatic rings. The molecule has 0 fully saturated rings. The molecule has 0 aliphatic carbocycles. The lowest BCUT2D eigenvalue weighted by molar-refractivity contribution is 0.249. The maximum Gasteiger partial charge on any atom is 0.319 e. The molecule has 2 rings (SSSR count). The van der Waals surface area contributed by atoms with Gasteiger partial charge in [0.05, 0.1) is 11.7 Å². The first-order valence-electron chi connectivity index (χ1n) is 7.80. The summed E-state index contributed by atoms with van der Waals surface area (Å²) in [5, 5.41) is 5.57. The summed E-state index contributed by atoms with van der Waals surface area (Å²) in [7, 11) is 0. The van der Waals surface area contributed by atoms with Gasteiger partial charge in [0, 0.05) is 5.02 Å². The Kier molecular flexibility index (Phi) is 5.50. The number of carbonyl (C=O) groups is 1. The van der Waals surface area contributed by atoms with Gasteiger partial charge < -0.3 is 10.6 Å². The highest BCUT2D eigenvalue weighted by atomic mass is 35.5. The maximum atomic E-state index is 13.7. The smallest absolute Gasteiger partial charge is 0.319 e. The van der Waals surface area contributed by atoms with Crippen LogP contribution in [-0.2, 0) is 5.41 Å². The van der Waals surface area contributed by atoms with Crippen molar-refractivity contribution in [1.29, 1.82) is 0 Å². The quantitative estimate of drug-likeness (QED) is 0.738. The van der Waals surface area contributed by atoms with Crippen LogP contribution in [0.1, 0.15) is 44.9 Å². The molecule has 1 atom stereocenters. The lowest BCUT2D eigenvalue weighted by Gasteiger charge is -2.21. The number of nitrogens with one attached hydrogen (secondary N) is 2. The summed E-state index contributed by atoms with van der Waals surface area (Å²) in [6.45, 7) is 8.33. The van der Waals surface area contributed by atoms with E-state index in [1.807, 2.05) is 19.1 Å². The molecular weight excluding hydrogens is 327 g/mol. The number of amides is 2. The first kappa shape index (κ1) is 18.3. The molecule has 0 spiro atoms. The van der Waals surface area contributed by atoms with Gasteiger partial charge in [0.1, 0.15) is 5.82 Å². The zero-order chi connectivity index (χ0) is 17.9. The highest BCUT2D eigenvalue weighted by Gasteiger charge is 2.15. The standard InChI is InChI=1S/C19H22ClFN2O/c1-12(13-5-7-14(8-6-13)19(2,3)4)22-18(24)23-17-10-9-15(20)11-16(17)21/h5-12H,1-4H3,(H2,22,23,24). The molecule has 0 aliphatic rings. The van der Waals surface area contributed by atoms with Crippen molar-refractivity contribution >= 4 is 23.3 Å². The van der Waals surface area contributed by atoms with E-state index in [1.165, 1.54) is 17.7 Å². The molecule has 128 valence electrons. The second-order valence-corrected chi connectivity index (χ2v) is 7.25. The van der Waals surface area contributed by atoms with Gasteiger partial charge in [-0.25, -0.2) is 9.18 Å². The Morgan fingerprint density at radius 2 is 1.75 bits per heavy atom. The van der Waals surface area contributed by atoms with Gasteiger partial charge in [0.25, 0.3) is 0 Å². The van der Waals surface area contributed by atoms with Crippen LogP contribution in [-0.4, -0.2) is 6.03 Å². The summed E-state index contributed by atoms with van der Waals surface area (Å²) in [5.41, 5.74) is 2.38. The normalized spacial score (nSPS) is 12.6. The summed E-state index contributed by atoms with van der Waals surface area (Å²) >= 11 is 5.69. The van der Waals surface area contributed by atoms with Gasteiger partial charge in [-0.3, -0.25) is 0 Å². The molecule has 2 aromatic carbocycles. The fourth-order valence-corrected chi connectivity index (χ4v) is 2.46. The second kappa shape index (κ2) is 7.22. The van der Waals surface area contributed by atoms with Gasteiger partial charge >= 0.3 is 6.03 Å². The molecular formula is C19H22ClFN2O. The SMILES string of the molecule is CC(NC(=O)Nc1ccc(Cl)cc1F)c1ccc(C(C)(C)C)cc1. The van der Waals surface area contributed by atoms with Crippen molar-refractivity contribution < 1.29 is 9.18 Å². The van der Waals surface area contributed by atoms with E-state index in [0.717, 1.165) is 11.6 Å². The van der Waals surface area contributed by atoms with Crippen molar-refractivity contribution in [1.82, 2.24) is 5.32 Å². The average Bonchev–Trinajstić information content (AvgIpc) is 2.49. The van der Waals surface area contributed by atoms with Crippen LogP contribution in [0.15, 0.2) is 42.5 Å².